The minimum absolute atomic E-state index is 0.0398. The molecule has 3 aromatic rings. The maximum Gasteiger partial charge on any atom is 0.352 e. The fourth-order valence-electron chi connectivity index (χ4n) is 4.56. The largest absolute Gasteiger partial charge is 0.543 e. The number of hydrogen-bond donors (Lipinski definition) is 8. The number of carboxylic acid groups (broad SMARTS) is 2. The van der Waals surface area contributed by atoms with E-state index in [2.05, 4.69) is 20.4 Å². The molecule has 252 valence electrons. The number of aromatic hydroxyl groups is 2. The molecule has 2 aliphatic rings. The fourth-order valence-corrected chi connectivity index (χ4v) is 7.53. The Labute approximate surface area is 282 Å². The number of phenols is 2. The van der Waals surface area contributed by atoms with E-state index in [4.69, 9.17) is 27.9 Å². The first-order valence-electron chi connectivity index (χ1n) is 13.4. The van der Waals surface area contributed by atoms with Crippen molar-refractivity contribution in [3.05, 3.63) is 51.7 Å². The number of β-lactam (4-membered cyclic amide) rings is 1. The number of carboxylic acids is 2. The highest BCUT2D eigenvalue weighted by molar-refractivity contribution is 8.01. The molecule has 0 spiro atoms. The molecule has 1 aromatic carbocycles. The van der Waals surface area contributed by atoms with Gasteiger partial charge < -0.3 is 52.6 Å². The van der Waals surface area contributed by atoms with Crippen LogP contribution in [0.15, 0.2) is 45.2 Å². The number of nitrogen functional groups attached to an aromatic ring is 4. The van der Waals surface area contributed by atoms with E-state index < -0.39 is 58.5 Å². The molecule has 0 unspecified atom stereocenters. The summed E-state index contributed by atoms with van der Waals surface area (Å²) in [6.07, 6.45) is -1.84. The number of phenolic OH excluding ortho intramolecular Hbond substituents is 2. The van der Waals surface area contributed by atoms with Gasteiger partial charge >= 0.3 is 11.1 Å². The van der Waals surface area contributed by atoms with Crippen molar-refractivity contribution in [1.82, 2.24) is 20.2 Å². The maximum atomic E-state index is 13.5. The zero-order valence-corrected chi connectivity index (χ0v) is 27.0. The number of oxime groups is 1. The lowest BCUT2D eigenvalue weighted by Crippen LogP contribution is -2.71. The summed E-state index contributed by atoms with van der Waals surface area (Å²) in [5.74, 6) is 0.414. The predicted octanol–water partition coefficient (Wildman–Crippen LogP) is -2.25. The lowest BCUT2D eigenvalue weighted by molar-refractivity contribution is -0.667. The van der Waals surface area contributed by atoms with Crippen LogP contribution in [0.25, 0.3) is 0 Å². The first-order chi connectivity index (χ1) is 22.7. The second kappa shape index (κ2) is 13.3. The van der Waals surface area contributed by atoms with E-state index in [1.54, 1.807) is 6.92 Å². The van der Waals surface area contributed by atoms with Crippen molar-refractivity contribution in [2.24, 2.45) is 5.16 Å². The van der Waals surface area contributed by atoms with Crippen molar-refractivity contribution >= 4 is 81.1 Å². The van der Waals surface area contributed by atoms with Crippen molar-refractivity contribution in [3.63, 3.8) is 0 Å². The van der Waals surface area contributed by atoms with E-state index in [0.29, 0.717) is 11.1 Å². The van der Waals surface area contributed by atoms with Crippen molar-refractivity contribution in [2.45, 2.75) is 29.6 Å². The number of benzene rings is 1. The Morgan fingerprint density at radius 2 is 1.98 bits per heavy atom. The van der Waals surface area contributed by atoms with Gasteiger partial charge in [0, 0.05) is 22.4 Å². The Balaban J connectivity index is 1.36. The third-order valence-electron chi connectivity index (χ3n) is 7.11. The number of thioether (sulfide) groups is 2. The Kier molecular flexibility index (Phi) is 9.40. The van der Waals surface area contributed by atoms with Gasteiger partial charge in [-0.3, -0.25) is 20.3 Å². The molecule has 1 saturated heterocycles. The second-order valence-electron chi connectivity index (χ2n) is 10.1. The highest BCUT2D eigenvalue weighted by atomic mass is 32.2. The SMILES string of the molecule is Cc1c(N)nc(SCC2=C(C(=O)[O-])N3C(=O)[C@@H](NC(=O)/C(=N\O[C@@H](C(=O)O)c4ccc(O)c(O)c4)c4csc(N)n4)[C@H]3SC2)[n+](N)c1N. The molecule has 0 radical (unpaired) electrons. The van der Waals surface area contributed by atoms with Crippen LogP contribution in [-0.2, 0) is 24.0 Å². The van der Waals surface area contributed by atoms with Gasteiger partial charge in [-0.1, -0.05) is 16.2 Å². The Morgan fingerprint density at radius 1 is 1.25 bits per heavy atom. The molecule has 2 aromatic heterocycles. The highest BCUT2D eigenvalue weighted by Gasteiger charge is 2.53. The van der Waals surface area contributed by atoms with Crippen LogP contribution in [0.5, 0.6) is 11.5 Å². The number of carbonyl (C=O) groups excluding carboxylic acids is 3. The molecule has 2 amide bonds. The van der Waals surface area contributed by atoms with Crippen molar-refractivity contribution in [1.29, 1.82) is 0 Å². The van der Waals surface area contributed by atoms with Gasteiger partial charge in [0.25, 0.3) is 11.8 Å². The average Bonchev–Trinajstić information content (AvgIpc) is 3.47. The number of hydrogen-bond acceptors (Lipinski definition) is 18. The lowest BCUT2D eigenvalue weighted by atomic mass is 10.0. The molecule has 1 fully saturated rings. The number of fused-ring (bicyclic) bond motifs is 1. The summed E-state index contributed by atoms with van der Waals surface area (Å²) >= 11 is 3.16. The monoisotopic (exact) mass is 718 g/mol. The van der Waals surface area contributed by atoms with Crippen LogP contribution in [-0.4, -0.2) is 82.6 Å². The molecule has 22 heteroatoms. The van der Waals surface area contributed by atoms with Gasteiger partial charge in [-0.15, -0.1) is 27.8 Å². The third kappa shape index (κ3) is 6.39. The quantitative estimate of drug-likeness (QED) is 0.0152. The van der Waals surface area contributed by atoms with Gasteiger partial charge in [0.15, 0.2) is 22.3 Å². The van der Waals surface area contributed by atoms with Crippen LogP contribution >= 0.6 is 34.9 Å². The molecule has 5 rings (SSSR count). The number of nitrogens with two attached hydrogens (primary N) is 4. The van der Waals surface area contributed by atoms with Crippen LogP contribution in [0.4, 0.5) is 16.8 Å². The first-order valence-corrected chi connectivity index (χ1v) is 16.3. The molecule has 48 heavy (non-hydrogen) atoms. The van der Waals surface area contributed by atoms with E-state index >= 15 is 0 Å². The number of carbonyl (C=O) groups is 4. The lowest BCUT2D eigenvalue weighted by Gasteiger charge is -2.50. The number of aromatic nitrogens is 3. The van der Waals surface area contributed by atoms with E-state index in [9.17, 15) is 39.6 Å². The standard InChI is InChI=1S/C26H26N10O9S3/c1-8-18(27)33-26(36(30)19(8)28)48-6-10-5-46-22-15(21(40)35(22)16(10)23(41)42)32-20(39)14(11-7-47-25(29)31-11)34-45-17(24(43)44)9-2-3-12(37)13(38)4-9/h2-4,7,15,17,22H,5-6,30H2,1H3,(H10,27,28,29,31,32,34,37,38,39,41,42,43,44)/t15-,17-,22-/m1/s1. The van der Waals surface area contributed by atoms with E-state index in [0.717, 1.165) is 50.9 Å². The summed E-state index contributed by atoms with van der Waals surface area (Å²) in [5, 5.41) is 48.2. The second-order valence-corrected chi connectivity index (χ2v) is 13.1. The first kappa shape index (κ1) is 33.9. The van der Waals surface area contributed by atoms with Gasteiger partial charge in [-0.2, -0.15) is 0 Å². The van der Waals surface area contributed by atoms with Gasteiger partial charge in [-0.05, 0) is 36.4 Å². The molecular weight excluding hydrogens is 693 g/mol. The Bertz CT molecular complexity index is 1920. The molecule has 2 aliphatic heterocycles. The smallest absolute Gasteiger partial charge is 0.352 e. The number of rotatable bonds is 11. The third-order valence-corrected chi connectivity index (χ3v) is 10.2. The summed E-state index contributed by atoms with van der Waals surface area (Å²) in [4.78, 5) is 65.3. The Morgan fingerprint density at radius 3 is 2.60 bits per heavy atom. The summed E-state index contributed by atoms with van der Waals surface area (Å²) in [6, 6.07) is 1.92. The predicted molar refractivity (Wildman–Crippen MR) is 170 cm³/mol. The fraction of sp³-hybridized carbons (Fsp3) is 0.231. The van der Waals surface area contributed by atoms with Gasteiger partial charge in [0.1, 0.15) is 17.1 Å². The number of thiazole rings is 1. The minimum atomic E-state index is -1.84. The number of nitrogens with zero attached hydrogens (tertiary/aromatic N) is 5. The van der Waals surface area contributed by atoms with Crippen LogP contribution in [0.2, 0.25) is 0 Å². The molecule has 0 saturated carbocycles. The van der Waals surface area contributed by atoms with Crippen LogP contribution in [0, 0.1) is 6.92 Å². The molecule has 19 nitrogen and oxygen atoms in total. The van der Waals surface area contributed by atoms with Crippen LogP contribution in [0.1, 0.15) is 22.9 Å². The minimum Gasteiger partial charge on any atom is -0.543 e. The number of anilines is 3. The maximum absolute atomic E-state index is 13.5. The number of amides is 2. The van der Waals surface area contributed by atoms with Crippen molar-refractivity contribution in [2.75, 3.05) is 34.5 Å². The molecular formula is C26H26N10O9S3. The highest BCUT2D eigenvalue weighted by Crippen LogP contribution is 2.41. The Hall–Kier alpha value is -5.48. The van der Waals surface area contributed by atoms with Gasteiger partial charge in [0.05, 0.1) is 17.2 Å². The molecule has 0 bridgehead atoms. The average molecular weight is 719 g/mol. The van der Waals surface area contributed by atoms with Crippen LogP contribution in [0.3, 0.4) is 0 Å². The van der Waals surface area contributed by atoms with Gasteiger partial charge in [-0.25, -0.2) is 9.78 Å². The number of aliphatic carboxylic acids is 2. The summed E-state index contributed by atoms with van der Waals surface area (Å²) in [7, 11) is 0. The van der Waals surface area contributed by atoms with Crippen molar-refractivity contribution in [3.8, 4) is 11.5 Å². The number of nitrogens with one attached hydrogen (secondary N) is 1. The molecule has 0 aliphatic carbocycles. The van der Waals surface area contributed by atoms with E-state index in [-0.39, 0.29) is 50.4 Å². The summed E-state index contributed by atoms with van der Waals surface area (Å²) in [6.45, 7) is 1.64. The summed E-state index contributed by atoms with van der Waals surface area (Å²) in [5.41, 5.74) is 17.2. The van der Waals surface area contributed by atoms with E-state index in [1.165, 1.54) is 17.1 Å². The normalized spacial score (nSPS) is 18.1. The molecule has 12 N–H and O–H groups in total. The van der Waals surface area contributed by atoms with E-state index in [1.807, 2.05) is 0 Å². The zero-order valence-electron chi connectivity index (χ0n) is 24.5. The zero-order chi connectivity index (χ0) is 35.0. The topological polar surface area (TPSA) is 323 Å². The molecule has 4 heterocycles. The summed E-state index contributed by atoms with van der Waals surface area (Å²) < 4.78 is 1.11. The van der Waals surface area contributed by atoms with Crippen LogP contribution < -0.4 is 38.1 Å². The molecule has 3 atom stereocenters. The van der Waals surface area contributed by atoms with Crippen molar-refractivity contribution < 1.29 is 49.1 Å². The van der Waals surface area contributed by atoms with Gasteiger partial charge in [0.2, 0.25) is 17.7 Å².